The Morgan fingerprint density at radius 2 is 1.00 bits per heavy atom. The van der Waals surface area contributed by atoms with E-state index in [2.05, 4.69) is 31.2 Å². The van der Waals surface area contributed by atoms with Gasteiger partial charge in [0.2, 0.25) is 0 Å². The first-order chi connectivity index (χ1) is 13.3. The van der Waals surface area contributed by atoms with Crippen LogP contribution in [0.4, 0.5) is 0 Å². The summed E-state index contributed by atoms with van der Waals surface area (Å²) < 4.78 is 0. The van der Waals surface area contributed by atoms with Gasteiger partial charge in [0, 0.05) is 6.42 Å². The third-order valence-corrected chi connectivity index (χ3v) is 5.07. The average Bonchev–Trinajstić information content (AvgIpc) is 2.65. The Morgan fingerprint density at radius 1 is 0.593 bits per heavy atom. The zero-order valence-corrected chi connectivity index (χ0v) is 18.1. The summed E-state index contributed by atoms with van der Waals surface area (Å²) >= 11 is 0. The highest BCUT2D eigenvalue weighted by Crippen LogP contribution is 2.13. The van der Waals surface area contributed by atoms with E-state index in [1.807, 2.05) is 0 Å². The van der Waals surface area contributed by atoms with E-state index in [9.17, 15) is 4.79 Å². The molecule has 0 aromatic carbocycles. The predicted octanol–water partition coefficient (Wildman–Crippen LogP) is 8.62. The summed E-state index contributed by atoms with van der Waals surface area (Å²) in [4.78, 5) is 10.4. The number of unbranched alkanes of at least 4 members (excludes halogenated alkanes) is 15. The average molecular weight is 379 g/mol. The maximum atomic E-state index is 10.4. The van der Waals surface area contributed by atoms with E-state index in [1.54, 1.807) is 0 Å². The molecule has 1 N–H and O–H groups in total. The van der Waals surface area contributed by atoms with Crippen molar-refractivity contribution in [3.8, 4) is 0 Å². The molecule has 158 valence electrons. The number of hydrogen-bond donors (Lipinski definition) is 1. The van der Waals surface area contributed by atoms with Gasteiger partial charge in [0.25, 0.3) is 0 Å². The van der Waals surface area contributed by atoms with Gasteiger partial charge in [-0.1, -0.05) is 115 Å². The minimum absolute atomic E-state index is 0.341. The van der Waals surface area contributed by atoms with Crippen molar-refractivity contribution in [3.05, 3.63) is 24.3 Å². The minimum Gasteiger partial charge on any atom is -0.481 e. The normalized spacial score (nSPS) is 11.7. The summed E-state index contributed by atoms with van der Waals surface area (Å²) in [5.74, 6) is -0.655. The molecule has 0 rings (SSSR count). The molecule has 0 spiro atoms. The summed E-state index contributed by atoms with van der Waals surface area (Å²) in [6.45, 7) is 2.22. The lowest BCUT2D eigenvalue weighted by Crippen LogP contribution is -1.93. The maximum Gasteiger partial charge on any atom is 0.303 e. The molecule has 0 unspecified atom stereocenters. The fraction of sp³-hybridized carbons (Fsp3) is 0.800. The van der Waals surface area contributed by atoms with E-state index in [0.717, 1.165) is 19.3 Å². The van der Waals surface area contributed by atoms with Gasteiger partial charge in [0.05, 0.1) is 0 Å². The van der Waals surface area contributed by atoms with E-state index in [4.69, 9.17) is 5.11 Å². The van der Waals surface area contributed by atoms with Crippen molar-refractivity contribution in [1.29, 1.82) is 0 Å². The largest absolute Gasteiger partial charge is 0.481 e. The molecule has 0 saturated heterocycles. The molecule has 0 fully saturated rings. The number of rotatable bonds is 21. The van der Waals surface area contributed by atoms with Gasteiger partial charge in [-0.05, 0) is 32.1 Å². The Kier molecular flexibility index (Phi) is 22.1. The zero-order chi connectivity index (χ0) is 19.8. The third-order valence-electron chi connectivity index (χ3n) is 5.07. The summed E-state index contributed by atoms with van der Waals surface area (Å²) in [5, 5.41) is 8.57. The second-order valence-electron chi connectivity index (χ2n) is 7.85. The van der Waals surface area contributed by atoms with Gasteiger partial charge in [0.15, 0.2) is 0 Å². The molecular weight excluding hydrogens is 332 g/mol. The molecule has 2 heteroatoms. The van der Waals surface area contributed by atoms with Crippen LogP contribution < -0.4 is 0 Å². The van der Waals surface area contributed by atoms with Crippen molar-refractivity contribution in [2.24, 2.45) is 0 Å². The molecule has 0 aromatic heterocycles. The first-order valence-electron chi connectivity index (χ1n) is 11.8. The first-order valence-corrected chi connectivity index (χ1v) is 11.8. The van der Waals surface area contributed by atoms with Crippen LogP contribution in [0.15, 0.2) is 24.3 Å². The molecule has 0 radical (unpaired) electrons. The van der Waals surface area contributed by atoms with Crippen molar-refractivity contribution in [1.82, 2.24) is 0 Å². The van der Waals surface area contributed by atoms with E-state index >= 15 is 0 Å². The molecule has 2 nitrogen and oxygen atoms in total. The van der Waals surface area contributed by atoms with E-state index in [-0.39, 0.29) is 0 Å². The molecule has 0 aliphatic rings. The number of hydrogen-bond acceptors (Lipinski definition) is 1. The first kappa shape index (κ1) is 26.0. The Hall–Kier alpha value is -1.05. The molecule has 0 amide bonds. The Balaban J connectivity index is 3.08. The van der Waals surface area contributed by atoms with Crippen LogP contribution in [0, 0.1) is 0 Å². The van der Waals surface area contributed by atoms with Gasteiger partial charge in [-0.25, -0.2) is 0 Å². The van der Waals surface area contributed by atoms with Crippen LogP contribution in [0.25, 0.3) is 0 Å². The quantitative estimate of drug-likeness (QED) is 0.160. The molecule has 0 heterocycles. The standard InChI is InChI=1S/C25H46O2/c1-2-3-4-5-6-7-8-9-10-11-12-13-14-15-16-17-18-19-20-21-22-23-24-25(26)27/h4-5,7-8H,2-3,6,9-24H2,1H3,(H,26,27). The van der Waals surface area contributed by atoms with Crippen LogP contribution in [0.3, 0.4) is 0 Å². The van der Waals surface area contributed by atoms with Crippen molar-refractivity contribution < 1.29 is 9.90 Å². The topological polar surface area (TPSA) is 37.3 Å². The van der Waals surface area contributed by atoms with Crippen molar-refractivity contribution in [2.75, 3.05) is 0 Å². The van der Waals surface area contributed by atoms with Crippen molar-refractivity contribution >= 4 is 5.97 Å². The van der Waals surface area contributed by atoms with Crippen LogP contribution in [0.1, 0.15) is 129 Å². The van der Waals surface area contributed by atoms with E-state index in [0.29, 0.717) is 6.42 Å². The molecule has 0 saturated carbocycles. The van der Waals surface area contributed by atoms with Gasteiger partial charge >= 0.3 is 5.97 Å². The fourth-order valence-electron chi connectivity index (χ4n) is 3.33. The van der Waals surface area contributed by atoms with Crippen LogP contribution >= 0.6 is 0 Å². The van der Waals surface area contributed by atoms with Crippen molar-refractivity contribution in [2.45, 2.75) is 129 Å². The van der Waals surface area contributed by atoms with Gasteiger partial charge in [0.1, 0.15) is 0 Å². The SMILES string of the molecule is CCCC=CCC=CCCCCCCCCCCCCCCCCC(=O)O. The third kappa shape index (κ3) is 24.9. The van der Waals surface area contributed by atoms with Crippen molar-refractivity contribution in [3.63, 3.8) is 0 Å². The van der Waals surface area contributed by atoms with Gasteiger partial charge in [-0.3, -0.25) is 4.79 Å². The van der Waals surface area contributed by atoms with E-state index < -0.39 is 5.97 Å². The predicted molar refractivity (Wildman–Crippen MR) is 119 cm³/mol. The second kappa shape index (κ2) is 23.0. The Bertz CT molecular complexity index is 357. The highest BCUT2D eigenvalue weighted by molar-refractivity contribution is 5.66. The number of allylic oxidation sites excluding steroid dienone is 4. The molecule has 0 aliphatic heterocycles. The molecule has 0 bridgehead atoms. The smallest absolute Gasteiger partial charge is 0.303 e. The summed E-state index contributed by atoms with van der Waals surface area (Å²) in [5.41, 5.74) is 0. The molecule has 0 aromatic rings. The lowest BCUT2D eigenvalue weighted by atomic mass is 10.0. The number of carboxylic acids is 1. The maximum absolute atomic E-state index is 10.4. The Morgan fingerprint density at radius 3 is 1.44 bits per heavy atom. The Labute approximate surface area is 169 Å². The molecule has 0 atom stereocenters. The summed E-state index contributed by atoms with van der Waals surface area (Å²) in [6, 6.07) is 0. The van der Waals surface area contributed by atoms with Gasteiger partial charge in [-0.15, -0.1) is 0 Å². The highest BCUT2D eigenvalue weighted by atomic mass is 16.4. The number of aliphatic carboxylic acids is 1. The lowest BCUT2D eigenvalue weighted by Gasteiger charge is -2.03. The highest BCUT2D eigenvalue weighted by Gasteiger charge is 1.97. The van der Waals surface area contributed by atoms with Crippen LogP contribution in [-0.4, -0.2) is 11.1 Å². The molecule has 27 heavy (non-hydrogen) atoms. The fourth-order valence-corrected chi connectivity index (χ4v) is 3.33. The van der Waals surface area contributed by atoms with Crippen LogP contribution in [-0.2, 0) is 4.79 Å². The monoisotopic (exact) mass is 378 g/mol. The zero-order valence-electron chi connectivity index (χ0n) is 18.1. The number of carboxylic acid groups (broad SMARTS) is 1. The summed E-state index contributed by atoms with van der Waals surface area (Å²) in [6.07, 6.45) is 32.6. The number of carbonyl (C=O) groups is 1. The lowest BCUT2D eigenvalue weighted by molar-refractivity contribution is -0.137. The molecular formula is C25H46O2. The molecule has 0 aliphatic carbocycles. The van der Waals surface area contributed by atoms with Crippen LogP contribution in [0.2, 0.25) is 0 Å². The van der Waals surface area contributed by atoms with Gasteiger partial charge in [-0.2, -0.15) is 0 Å². The van der Waals surface area contributed by atoms with Gasteiger partial charge < -0.3 is 5.11 Å². The summed E-state index contributed by atoms with van der Waals surface area (Å²) in [7, 11) is 0. The minimum atomic E-state index is -0.655. The van der Waals surface area contributed by atoms with Crippen LogP contribution in [0.5, 0.6) is 0 Å². The second-order valence-corrected chi connectivity index (χ2v) is 7.85. The van der Waals surface area contributed by atoms with E-state index in [1.165, 1.54) is 96.3 Å².